The fourth-order valence-corrected chi connectivity index (χ4v) is 2.49. The third kappa shape index (κ3) is 5.79. The summed E-state index contributed by atoms with van der Waals surface area (Å²) in [4.78, 5) is 22.0. The van der Waals surface area contributed by atoms with Gasteiger partial charge in [-0.2, -0.15) is 11.8 Å². The van der Waals surface area contributed by atoms with E-state index in [2.05, 4.69) is 5.32 Å². The van der Waals surface area contributed by atoms with Crippen molar-refractivity contribution in [3.8, 4) is 0 Å². The molecule has 4 nitrogen and oxygen atoms in total. The standard InChI is InChI=1S/C14H19NO3S/c1-10-5-3-4-6-12(10)11(2)15-13(16)9-19-8-7-14(17)18/h3-6,11H,7-9H2,1-2H3,(H,15,16)(H,17,18)/t11-/m1/s1. The molecule has 1 aromatic carbocycles. The number of amides is 1. The third-order valence-electron chi connectivity index (χ3n) is 2.73. The lowest BCUT2D eigenvalue weighted by atomic mass is 10.0. The van der Waals surface area contributed by atoms with Gasteiger partial charge in [-0.25, -0.2) is 0 Å². The van der Waals surface area contributed by atoms with E-state index in [1.807, 2.05) is 38.1 Å². The summed E-state index contributed by atoms with van der Waals surface area (Å²) < 4.78 is 0. The smallest absolute Gasteiger partial charge is 0.304 e. The van der Waals surface area contributed by atoms with E-state index in [9.17, 15) is 9.59 Å². The number of carboxylic acid groups (broad SMARTS) is 1. The summed E-state index contributed by atoms with van der Waals surface area (Å²) in [6.07, 6.45) is 0.0886. The van der Waals surface area contributed by atoms with Gasteiger partial charge in [0.1, 0.15) is 0 Å². The van der Waals surface area contributed by atoms with Crippen LogP contribution in [0.1, 0.15) is 30.5 Å². The molecule has 0 unspecified atom stereocenters. The molecule has 0 saturated carbocycles. The molecule has 5 heteroatoms. The minimum Gasteiger partial charge on any atom is -0.481 e. The second kappa shape index (κ2) is 7.84. The number of carboxylic acids is 1. The van der Waals surface area contributed by atoms with Crippen LogP contribution in [0.5, 0.6) is 0 Å². The van der Waals surface area contributed by atoms with Crippen LogP contribution in [0.25, 0.3) is 0 Å². The predicted molar refractivity (Wildman–Crippen MR) is 77.3 cm³/mol. The molecule has 1 rings (SSSR count). The fraction of sp³-hybridized carbons (Fsp3) is 0.429. The maximum Gasteiger partial charge on any atom is 0.304 e. The zero-order valence-electron chi connectivity index (χ0n) is 11.2. The first kappa shape index (κ1) is 15.6. The van der Waals surface area contributed by atoms with Crippen LogP contribution in [0.2, 0.25) is 0 Å². The molecule has 1 amide bonds. The summed E-state index contributed by atoms with van der Waals surface area (Å²) in [5, 5.41) is 11.4. The van der Waals surface area contributed by atoms with Crippen LogP contribution in [0, 0.1) is 6.92 Å². The van der Waals surface area contributed by atoms with Crippen molar-refractivity contribution in [3.63, 3.8) is 0 Å². The Balaban J connectivity index is 2.36. The van der Waals surface area contributed by atoms with Crippen LogP contribution in [-0.2, 0) is 9.59 Å². The monoisotopic (exact) mass is 281 g/mol. The van der Waals surface area contributed by atoms with Crippen molar-refractivity contribution in [2.75, 3.05) is 11.5 Å². The summed E-state index contributed by atoms with van der Waals surface area (Å²) in [5.74, 6) is -0.141. The summed E-state index contributed by atoms with van der Waals surface area (Å²) in [7, 11) is 0. The minimum atomic E-state index is -0.832. The van der Waals surface area contributed by atoms with Crippen molar-refractivity contribution >= 4 is 23.6 Å². The molecule has 19 heavy (non-hydrogen) atoms. The highest BCUT2D eigenvalue weighted by Crippen LogP contribution is 2.16. The molecular formula is C14H19NO3S. The number of hydrogen-bond donors (Lipinski definition) is 2. The van der Waals surface area contributed by atoms with E-state index in [0.29, 0.717) is 11.5 Å². The largest absolute Gasteiger partial charge is 0.481 e. The van der Waals surface area contributed by atoms with Gasteiger partial charge in [0.15, 0.2) is 0 Å². The molecule has 0 spiro atoms. The first-order valence-electron chi connectivity index (χ1n) is 6.15. The quantitative estimate of drug-likeness (QED) is 0.753. The topological polar surface area (TPSA) is 66.4 Å². The van der Waals surface area contributed by atoms with Gasteiger partial charge in [-0.15, -0.1) is 0 Å². The molecule has 0 saturated heterocycles. The van der Waals surface area contributed by atoms with Gasteiger partial charge in [0.05, 0.1) is 18.2 Å². The summed E-state index contributed by atoms with van der Waals surface area (Å²) in [6.45, 7) is 3.96. The van der Waals surface area contributed by atoms with Crippen LogP contribution in [0.4, 0.5) is 0 Å². The lowest BCUT2D eigenvalue weighted by Gasteiger charge is -2.16. The highest BCUT2D eigenvalue weighted by Gasteiger charge is 2.11. The van der Waals surface area contributed by atoms with Gasteiger partial charge in [0.2, 0.25) is 5.91 Å². The van der Waals surface area contributed by atoms with Gasteiger partial charge in [-0.1, -0.05) is 24.3 Å². The summed E-state index contributed by atoms with van der Waals surface area (Å²) in [5.41, 5.74) is 2.25. The van der Waals surface area contributed by atoms with Crippen LogP contribution in [0.15, 0.2) is 24.3 Å². The number of aliphatic carboxylic acids is 1. The zero-order valence-corrected chi connectivity index (χ0v) is 12.0. The molecule has 0 aromatic heterocycles. The minimum absolute atomic E-state index is 0.0335. The van der Waals surface area contributed by atoms with Gasteiger partial charge in [0.25, 0.3) is 0 Å². The van der Waals surface area contributed by atoms with Crippen molar-refractivity contribution in [1.29, 1.82) is 0 Å². The molecule has 1 aromatic rings. The van der Waals surface area contributed by atoms with Crippen molar-refractivity contribution in [1.82, 2.24) is 5.32 Å². The van der Waals surface area contributed by atoms with Gasteiger partial charge in [0, 0.05) is 5.75 Å². The molecule has 0 fully saturated rings. The molecule has 0 radical (unpaired) electrons. The van der Waals surface area contributed by atoms with E-state index in [0.717, 1.165) is 11.1 Å². The van der Waals surface area contributed by atoms with Crippen molar-refractivity contribution in [2.45, 2.75) is 26.3 Å². The summed E-state index contributed by atoms with van der Waals surface area (Å²) in [6, 6.07) is 7.90. The molecule has 2 N–H and O–H groups in total. The number of carbonyl (C=O) groups excluding carboxylic acids is 1. The molecule has 0 aliphatic carbocycles. The van der Waals surface area contributed by atoms with Gasteiger partial charge in [-0.05, 0) is 25.0 Å². The lowest BCUT2D eigenvalue weighted by Crippen LogP contribution is -2.28. The number of carbonyl (C=O) groups is 2. The van der Waals surface area contributed by atoms with E-state index in [1.54, 1.807) is 0 Å². The molecule has 0 aliphatic heterocycles. The molecule has 0 heterocycles. The van der Waals surface area contributed by atoms with Crippen molar-refractivity contribution in [3.05, 3.63) is 35.4 Å². The fourth-order valence-electron chi connectivity index (χ4n) is 1.76. The SMILES string of the molecule is Cc1ccccc1[C@@H](C)NC(=O)CSCCC(=O)O. The normalized spacial score (nSPS) is 11.9. The Kier molecular flexibility index (Phi) is 6.42. The Labute approximate surface area is 117 Å². The number of nitrogens with one attached hydrogen (secondary N) is 1. The molecule has 1 atom stereocenters. The number of rotatable bonds is 7. The molecule has 104 valence electrons. The number of hydrogen-bond acceptors (Lipinski definition) is 3. The van der Waals surface area contributed by atoms with Crippen molar-refractivity contribution in [2.24, 2.45) is 0 Å². The molecular weight excluding hydrogens is 262 g/mol. The average Bonchev–Trinajstić information content (AvgIpc) is 2.35. The Morgan fingerprint density at radius 1 is 1.37 bits per heavy atom. The van der Waals surface area contributed by atoms with Gasteiger partial charge < -0.3 is 10.4 Å². The second-order valence-corrected chi connectivity index (χ2v) is 5.45. The maximum absolute atomic E-state index is 11.7. The number of benzene rings is 1. The number of thioether (sulfide) groups is 1. The van der Waals surface area contributed by atoms with Crippen LogP contribution < -0.4 is 5.32 Å². The first-order valence-corrected chi connectivity index (χ1v) is 7.30. The van der Waals surface area contributed by atoms with E-state index < -0.39 is 5.97 Å². The number of aryl methyl sites for hydroxylation is 1. The highest BCUT2D eigenvalue weighted by molar-refractivity contribution is 7.99. The third-order valence-corrected chi connectivity index (χ3v) is 3.68. The lowest BCUT2D eigenvalue weighted by molar-refractivity contribution is -0.136. The molecule has 0 aliphatic rings. The van der Waals surface area contributed by atoms with Gasteiger partial charge in [-0.3, -0.25) is 9.59 Å². The average molecular weight is 281 g/mol. The van der Waals surface area contributed by atoms with E-state index in [1.165, 1.54) is 11.8 Å². The zero-order chi connectivity index (χ0) is 14.3. The first-order chi connectivity index (χ1) is 9.00. The van der Waals surface area contributed by atoms with E-state index in [-0.39, 0.29) is 18.4 Å². The Bertz CT molecular complexity index is 448. The Hall–Kier alpha value is -1.49. The predicted octanol–water partition coefficient (Wildman–Crippen LogP) is 2.38. The van der Waals surface area contributed by atoms with Crippen LogP contribution in [-0.4, -0.2) is 28.5 Å². The van der Waals surface area contributed by atoms with Crippen molar-refractivity contribution < 1.29 is 14.7 Å². The van der Waals surface area contributed by atoms with Crippen LogP contribution >= 0.6 is 11.8 Å². The molecule has 0 bridgehead atoms. The van der Waals surface area contributed by atoms with E-state index in [4.69, 9.17) is 5.11 Å². The van der Waals surface area contributed by atoms with E-state index >= 15 is 0 Å². The summed E-state index contributed by atoms with van der Waals surface area (Å²) >= 11 is 1.34. The highest BCUT2D eigenvalue weighted by atomic mass is 32.2. The van der Waals surface area contributed by atoms with Crippen LogP contribution in [0.3, 0.4) is 0 Å². The maximum atomic E-state index is 11.7. The van der Waals surface area contributed by atoms with Gasteiger partial charge >= 0.3 is 5.97 Å². The second-order valence-electron chi connectivity index (χ2n) is 4.34. The Morgan fingerprint density at radius 3 is 2.68 bits per heavy atom. The Morgan fingerprint density at radius 2 is 2.05 bits per heavy atom.